The zero-order valence-electron chi connectivity index (χ0n) is 18.2. The van der Waals surface area contributed by atoms with Crippen molar-refractivity contribution in [3.05, 3.63) is 48.0 Å². The van der Waals surface area contributed by atoms with Crippen LogP contribution in [0.25, 0.3) is 0 Å². The second kappa shape index (κ2) is 9.79. The van der Waals surface area contributed by atoms with Gasteiger partial charge in [0.05, 0.1) is 4.90 Å². The molecule has 2 aliphatic heterocycles. The van der Waals surface area contributed by atoms with Crippen LogP contribution in [-0.4, -0.2) is 58.1 Å². The van der Waals surface area contributed by atoms with Crippen LogP contribution in [0.15, 0.2) is 47.4 Å². The molecule has 2 aromatic carbocycles. The number of fused-ring (bicyclic) bond motifs is 1. The number of benzene rings is 2. The Labute approximate surface area is 189 Å². The van der Waals surface area contributed by atoms with Crippen molar-refractivity contribution < 1.29 is 22.7 Å². The molecule has 172 valence electrons. The highest BCUT2D eigenvalue weighted by Gasteiger charge is 2.22. The molecule has 0 aliphatic carbocycles. The molecular formula is C23H29N3O5S. The van der Waals surface area contributed by atoms with E-state index in [1.165, 1.54) is 25.0 Å². The Morgan fingerprint density at radius 1 is 1.06 bits per heavy atom. The van der Waals surface area contributed by atoms with E-state index in [9.17, 15) is 13.2 Å². The fourth-order valence-corrected chi connectivity index (χ4v) is 5.14. The minimum absolute atomic E-state index is 0.0630. The summed E-state index contributed by atoms with van der Waals surface area (Å²) in [5.74, 6) is 0.701. The molecule has 1 fully saturated rings. The third-order valence-electron chi connectivity index (χ3n) is 5.83. The lowest BCUT2D eigenvalue weighted by molar-refractivity contribution is 0.0937. The number of carbonyl (C=O) groups is 1. The van der Waals surface area contributed by atoms with E-state index < -0.39 is 10.0 Å². The first-order valence-corrected chi connectivity index (χ1v) is 12.5. The fraction of sp³-hybridized carbons (Fsp3) is 0.435. The van der Waals surface area contributed by atoms with Crippen LogP contribution in [0.5, 0.6) is 11.5 Å². The molecular weight excluding hydrogens is 430 g/mol. The highest BCUT2D eigenvalue weighted by atomic mass is 32.2. The molecule has 1 saturated heterocycles. The molecule has 0 bridgehead atoms. The average Bonchev–Trinajstić information content (AvgIpc) is 3.33. The Bertz CT molecular complexity index is 1070. The number of sulfonamides is 1. The number of likely N-dealkylation sites (tertiary alicyclic amines) is 1. The lowest BCUT2D eigenvalue weighted by Gasteiger charge is -2.26. The number of ether oxygens (including phenoxy) is 2. The lowest BCUT2D eigenvalue weighted by atomic mass is 10.1. The number of amides is 1. The van der Waals surface area contributed by atoms with Crippen LogP contribution in [0.2, 0.25) is 0 Å². The van der Waals surface area contributed by atoms with E-state index >= 15 is 0 Å². The molecule has 2 heterocycles. The third-order valence-corrected chi connectivity index (χ3v) is 7.21. The molecule has 8 nitrogen and oxygen atoms in total. The van der Waals surface area contributed by atoms with E-state index in [0.29, 0.717) is 48.6 Å². The molecule has 0 radical (unpaired) electrons. The van der Waals surface area contributed by atoms with Crippen molar-refractivity contribution in [2.45, 2.75) is 37.1 Å². The van der Waals surface area contributed by atoms with Gasteiger partial charge in [-0.15, -0.1) is 0 Å². The predicted molar refractivity (Wildman–Crippen MR) is 122 cm³/mol. The Hall–Kier alpha value is -2.78. The zero-order chi connectivity index (χ0) is 22.6. The van der Waals surface area contributed by atoms with Gasteiger partial charge in [0.2, 0.25) is 0 Å². The van der Waals surface area contributed by atoms with Crippen molar-refractivity contribution in [2.24, 2.45) is 0 Å². The van der Waals surface area contributed by atoms with E-state index in [1.807, 2.05) is 0 Å². The Balaban J connectivity index is 1.42. The Morgan fingerprint density at radius 3 is 2.56 bits per heavy atom. The van der Waals surface area contributed by atoms with Gasteiger partial charge in [-0.2, -0.15) is 0 Å². The summed E-state index contributed by atoms with van der Waals surface area (Å²) in [4.78, 5) is 15.2. The zero-order valence-corrected chi connectivity index (χ0v) is 19.0. The SMILES string of the molecule is CCC(CNC(=O)c1cccc(NS(=O)(=O)c2ccc3c(c2)OCCO3)c1)N1CCCC1. The van der Waals surface area contributed by atoms with E-state index in [2.05, 4.69) is 21.9 Å². The van der Waals surface area contributed by atoms with Gasteiger partial charge in [-0.25, -0.2) is 8.42 Å². The van der Waals surface area contributed by atoms with Crippen molar-refractivity contribution in [3.8, 4) is 11.5 Å². The van der Waals surface area contributed by atoms with Gasteiger partial charge in [0.25, 0.3) is 15.9 Å². The largest absolute Gasteiger partial charge is 0.486 e. The highest BCUT2D eigenvalue weighted by Crippen LogP contribution is 2.32. The second-order valence-corrected chi connectivity index (χ2v) is 9.69. The summed E-state index contributed by atoms with van der Waals surface area (Å²) >= 11 is 0. The molecule has 4 rings (SSSR count). The van der Waals surface area contributed by atoms with E-state index in [1.54, 1.807) is 30.3 Å². The first kappa shape index (κ1) is 22.4. The van der Waals surface area contributed by atoms with E-state index in [-0.39, 0.29) is 10.8 Å². The quantitative estimate of drug-likeness (QED) is 0.630. The number of nitrogens with one attached hydrogen (secondary N) is 2. The molecule has 2 aliphatic rings. The van der Waals surface area contributed by atoms with Crippen molar-refractivity contribution in [1.29, 1.82) is 0 Å². The number of hydrogen-bond donors (Lipinski definition) is 2. The van der Waals surface area contributed by atoms with Crippen molar-refractivity contribution in [2.75, 3.05) is 37.6 Å². The first-order valence-electron chi connectivity index (χ1n) is 11.0. The van der Waals surface area contributed by atoms with Gasteiger partial charge in [-0.1, -0.05) is 13.0 Å². The number of carbonyl (C=O) groups excluding carboxylic acids is 1. The number of anilines is 1. The van der Waals surface area contributed by atoms with Crippen molar-refractivity contribution >= 4 is 21.6 Å². The van der Waals surface area contributed by atoms with Crippen LogP contribution < -0.4 is 19.5 Å². The fourth-order valence-electron chi connectivity index (χ4n) is 4.08. The summed E-state index contributed by atoms with van der Waals surface area (Å²) in [5.41, 5.74) is 0.725. The molecule has 0 saturated carbocycles. The Morgan fingerprint density at radius 2 is 1.81 bits per heavy atom. The topological polar surface area (TPSA) is 97.0 Å². The van der Waals surface area contributed by atoms with Crippen LogP contribution >= 0.6 is 0 Å². The van der Waals surface area contributed by atoms with Crippen LogP contribution in [-0.2, 0) is 10.0 Å². The van der Waals surface area contributed by atoms with Gasteiger partial charge in [-0.05, 0) is 62.7 Å². The molecule has 1 atom stereocenters. The maximum atomic E-state index is 12.9. The van der Waals surface area contributed by atoms with Gasteiger partial charge in [-0.3, -0.25) is 14.4 Å². The summed E-state index contributed by atoms with van der Waals surface area (Å²) in [6, 6.07) is 11.3. The van der Waals surface area contributed by atoms with Crippen LogP contribution in [0.4, 0.5) is 5.69 Å². The first-order chi connectivity index (χ1) is 15.5. The maximum Gasteiger partial charge on any atom is 0.262 e. The highest BCUT2D eigenvalue weighted by molar-refractivity contribution is 7.92. The molecule has 0 spiro atoms. The molecule has 1 unspecified atom stereocenters. The van der Waals surface area contributed by atoms with Gasteiger partial charge in [0.1, 0.15) is 13.2 Å². The van der Waals surface area contributed by atoms with Gasteiger partial charge in [0, 0.05) is 29.9 Å². The number of rotatable bonds is 8. The molecule has 2 N–H and O–H groups in total. The monoisotopic (exact) mass is 459 g/mol. The van der Waals surface area contributed by atoms with Gasteiger partial charge < -0.3 is 14.8 Å². The maximum absolute atomic E-state index is 12.9. The summed E-state index contributed by atoms with van der Waals surface area (Å²) in [6.45, 7) is 5.66. The van der Waals surface area contributed by atoms with E-state index in [0.717, 1.165) is 19.5 Å². The Kier molecular flexibility index (Phi) is 6.86. The van der Waals surface area contributed by atoms with Crippen molar-refractivity contribution in [3.63, 3.8) is 0 Å². The minimum atomic E-state index is -3.85. The van der Waals surface area contributed by atoms with Crippen LogP contribution in [0.3, 0.4) is 0 Å². The standard InChI is InChI=1S/C23H29N3O5S/c1-2-19(26-10-3-4-11-26)16-24-23(27)17-6-5-7-18(14-17)25-32(28,29)20-8-9-21-22(15-20)31-13-12-30-21/h5-9,14-15,19,25H,2-4,10-13,16H2,1H3,(H,24,27). The molecule has 0 aromatic heterocycles. The normalized spacial score (nSPS) is 17.0. The van der Waals surface area contributed by atoms with E-state index in [4.69, 9.17) is 9.47 Å². The van der Waals surface area contributed by atoms with Crippen molar-refractivity contribution in [1.82, 2.24) is 10.2 Å². The smallest absolute Gasteiger partial charge is 0.262 e. The predicted octanol–water partition coefficient (Wildman–Crippen LogP) is 2.86. The van der Waals surface area contributed by atoms with Crippen LogP contribution in [0, 0.1) is 0 Å². The van der Waals surface area contributed by atoms with Gasteiger partial charge >= 0.3 is 0 Å². The summed E-state index contributed by atoms with van der Waals surface area (Å²) in [7, 11) is -3.85. The van der Waals surface area contributed by atoms with Gasteiger partial charge in [0.15, 0.2) is 11.5 Å². The van der Waals surface area contributed by atoms with Crippen LogP contribution in [0.1, 0.15) is 36.5 Å². The second-order valence-electron chi connectivity index (χ2n) is 8.01. The molecule has 9 heteroatoms. The minimum Gasteiger partial charge on any atom is -0.486 e. The number of nitrogens with zero attached hydrogens (tertiary/aromatic N) is 1. The molecule has 1 amide bonds. The summed E-state index contributed by atoms with van der Waals surface area (Å²) in [5, 5.41) is 2.99. The summed E-state index contributed by atoms with van der Waals surface area (Å²) in [6.07, 6.45) is 3.38. The number of hydrogen-bond acceptors (Lipinski definition) is 6. The molecule has 32 heavy (non-hydrogen) atoms. The lowest BCUT2D eigenvalue weighted by Crippen LogP contribution is -2.42. The summed E-state index contributed by atoms with van der Waals surface area (Å²) < 4.78 is 39.2. The average molecular weight is 460 g/mol. The molecule has 2 aromatic rings. The third kappa shape index (κ3) is 5.16.